The lowest BCUT2D eigenvalue weighted by Gasteiger charge is -2.44. The molecular weight excluding hydrogens is 252 g/mol. The van der Waals surface area contributed by atoms with E-state index in [4.69, 9.17) is 4.74 Å². The molecule has 2 fully saturated rings. The number of nitrogens with zero attached hydrogens (tertiary/aromatic N) is 3. The highest BCUT2D eigenvalue weighted by Crippen LogP contribution is 2.39. The van der Waals surface area contributed by atoms with E-state index in [-0.39, 0.29) is 5.92 Å². The van der Waals surface area contributed by atoms with Crippen molar-refractivity contribution in [1.29, 1.82) is 10.5 Å². The Morgan fingerprint density at radius 1 is 1.15 bits per heavy atom. The van der Waals surface area contributed by atoms with Gasteiger partial charge in [-0.15, -0.1) is 0 Å². The fraction of sp³-hybridized carbons (Fsp3) is 0.733. The molecule has 1 saturated heterocycles. The van der Waals surface area contributed by atoms with Gasteiger partial charge in [0.25, 0.3) is 0 Å². The molecule has 1 saturated carbocycles. The molecule has 0 unspecified atom stereocenters. The van der Waals surface area contributed by atoms with Crippen molar-refractivity contribution < 1.29 is 4.74 Å². The third-order valence-corrected chi connectivity index (χ3v) is 4.72. The van der Waals surface area contributed by atoms with Crippen LogP contribution in [-0.2, 0) is 4.74 Å². The van der Waals surface area contributed by atoms with Gasteiger partial charge in [0, 0.05) is 19.1 Å². The normalized spacial score (nSPS) is 33.7. The molecule has 0 spiro atoms. The van der Waals surface area contributed by atoms with Gasteiger partial charge in [0.15, 0.2) is 0 Å². The Hall–Kier alpha value is -1.72. The van der Waals surface area contributed by atoms with E-state index in [1.807, 2.05) is 0 Å². The van der Waals surface area contributed by atoms with Crippen molar-refractivity contribution in [2.45, 2.75) is 31.7 Å². The summed E-state index contributed by atoms with van der Waals surface area (Å²) in [6, 6.07) is 5.04. The molecule has 5 heteroatoms. The smallest absolute Gasteiger partial charge is 0.117 e. The maximum absolute atomic E-state index is 9.54. The van der Waals surface area contributed by atoms with E-state index < -0.39 is 0 Å². The van der Waals surface area contributed by atoms with Crippen LogP contribution in [0, 0.1) is 34.5 Å². The maximum Gasteiger partial charge on any atom is 0.117 e. The number of allylic oxidation sites excluding steroid dienone is 1. The van der Waals surface area contributed by atoms with E-state index in [0.29, 0.717) is 30.7 Å². The van der Waals surface area contributed by atoms with E-state index in [2.05, 4.69) is 22.4 Å². The number of morpholine rings is 1. The van der Waals surface area contributed by atoms with Crippen molar-refractivity contribution in [2.75, 3.05) is 26.3 Å². The molecule has 1 aliphatic carbocycles. The first-order valence-corrected chi connectivity index (χ1v) is 7.48. The molecule has 3 rings (SSSR count). The Balaban J connectivity index is 1.94. The molecular formula is C15H20N4O. The van der Waals surface area contributed by atoms with E-state index in [1.165, 1.54) is 12.8 Å². The average molecular weight is 272 g/mol. The van der Waals surface area contributed by atoms with Crippen molar-refractivity contribution in [1.82, 2.24) is 10.2 Å². The predicted octanol–water partition coefficient (Wildman–Crippen LogP) is 1.36. The molecule has 0 aromatic rings. The molecule has 2 aliphatic heterocycles. The summed E-state index contributed by atoms with van der Waals surface area (Å²) in [5.74, 6) is 0.947. The fourth-order valence-corrected chi connectivity index (χ4v) is 3.68. The highest BCUT2D eigenvalue weighted by molar-refractivity contribution is 5.37. The van der Waals surface area contributed by atoms with E-state index in [1.54, 1.807) is 0 Å². The number of rotatable bonds is 1. The van der Waals surface area contributed by atoms with Gasteiger partial charge in [-0.3, -0.25) is 0 Å². The van der Waals surface area contributed by atoms with Crippen LogP contribution in [0.4, 0.5) is 0 Å². The topological polar surface area (TPSA) is 72.1 Å². The highest BCUT2D eigenvalue weighted by Gasteiger charge is 2.41. The van der Waals surface area contributed by atoms with Gasteiger partial charge in [-0.05, 0) is 18.8 Å². The minimum Gasteiger partial charge on any atom is -0.378 e. The van der Waals surface area contributed by atoms with Crippen LogP contribution in [0.25, 0.3) is 0 Å². The van der Waals surface area contributed by atoms with Crippen LogP contribution in [0.1, 0.15) is 25.7 Å². The first-order chi connectivity index (χ1) is 9.85. The van der Waals surface area contributed by atoms with Crippen molar-refractivity contribution in [3.05, 3.63) is 11.4 Å². The second kappa shape index (κ2) is 5.73. The van der Waals surface area contributed by atoms with Gasteiger partial charge in [0.2, 0.25) is 0 Å². The summed E-state index contributed by atoms with van der Waals surface area (Å²) in [5, 5.41) is 22.6. The molecule has 3 atom stereocenters. The molecule has 0 amide bonds. The number of hydrogen-bond acceptors (Lipinski definition) is 5. The van der Waals surface area contributed by atoms with E-state index in [9.17, 15) is 10.5 Å². The van der Waals surface area contributed by atoms with Gasteiger partial charge in [-0.2, -0.15) is 10.5 Å². The largest absolute Gasteiger partial charge is 0.378 e. The molecule has 5 nitrogen and oxygen atoms in total. The van der Waals surface area contributed by atoms with Crippen molar-refractivity contribution >= 4 is 0 Å². The van der Waals surface area contributed by atoms with Gasteiger partial charge in [-0.1, -0.05) is 12.8 Å². The summed E-state index contributed by atoms with van der Waals surface area (Å²) in [4.78, 5) is 2.18. The molecule has 20 heavy (non-hydrogen) atoms. The molecule has 1 N–H and O–H groups in total. The summed E-state index contributed by atoms with van der Waals surface area (Å²) in [6.07, 6.45) is 4.55. The summed E-state index contributed by atoms with van der Waals surface area (Å²) in [5.41, 5.74) is 0.637. The summed E-state index contributed by atoms with van der Waals surface area (Å²) in [6.45, 7) is 2.97. The van der Waals surface area contributed by atoms with Crippen LogP contribution in [0.3, 0.4) is 0 Å². The Kier molecular flexibility index (Phi) is 3.80. The number of hydrogen-bond donors (Lipinski definition) is 1. The lowest BCUT2D eigenvalue weighted by Crippen LogP contribution is -2.52. The van der Waals surface area contributed by atoms with Crippen molar-refractivity contribution in [3.8, 4) is 12.1 Å². The Morgan fingerprint density at radius 3 is 2.60 bits per heavy atom. The zero-order valence-electron chi connectivity index (χ0n) is 11.6. The number of fused-ring (bicyclic) bond motifs is 1. The van der Waals surface area contributed by atoms with Gasteiger partial charge in [0.05, 0.1) is 36.8 Å². The number of nitrogens with one attached hydrogen (secondary N) is 1. The Labute approximate surface area is 119 Å². The highest BCUT2D eigenvalue weighted by atomic mass is 16.5. The molecule has 0 aromatic heterocycles. The first kappa shape index (κ1) is 13.3. The molecule has 3 aliphatic rings. The minimum absolute atomic E-state index is 0.246. The molecule has 2 heterocycles. The van der Waals surface area contributed by atoms with E-state index >= 15 is 0 Å². The van der Waals surface area contributed by atoms with Crippen LogP contribution >= 0.6 is 0 Å². The van der Waals surface area contributed by atoms with Gasteiger partial charge in [-0.25, -0.2) is 0 Å². The predicted molar refractivity (Wildman–Crippen MR) is 73.0 cm³/mol. The van der Waals surface area contributed by atoms with Crippen LogP contribution < -0.4 is 5.32 Å². The SMILES string of the molecule is N#CC1=C(N2CCOCC2)N[C@H]2CCCC[C@H]2[C@@H]1C#N. The minimum atomic E-state index is -0.246. The van der Waals surface area contributed by atoms with Crippen LogP contribution in [-0.4, -0.2) is 37.2 Å². The van der Waals surface area contributed by atoms with Gasteiger partial charge < -0.3 is 15.0 Å². The monoisotopic (exact) mass is 272 g/mol. The lowest BCUT2D eigenvalue weighted by atomic mass is 9.72. The van der Waals surface area contributed by atoms with Crippen molar-refractivity contribution in [2.24, 2.45) is 11.8 Å². The van der Waals surface area contributed by atoms with Gasteiger partial charge >= 0.3 is 0 Å². The fourth-order valence-electron chi connectivity index (χ4n) is 3.68. The van der Waals surface area contributed by atoms with Crippen molar-refractivity contribution in [3.63, 3.8) is 0 Å². The first-order valence-electron chi connectivity index (χ1n) is 7.48. The number of ether oxygens (including phenoxy) is 1. The van der Waals surface area contributed by atoms with E-state index in [0.717, 1.165) is 31.8 Å². The third-order valence-electron chi connectivity index (χ3n) is 4.72. The van der Waals surface area contributed by atoms with Gasteiger partial charge in [0.1, 0.15) is 5.82 Å². The second-order valence-electron chi connectivity index (χ2n) is 5.78. The third kappa shape index (κ3) is 2.23. The van der Waals surface area contributed by atoms with Crippen LogP contribution in [0.5, 0.6) is 0 Å². The van der Waals surface area contributed by atoms with Crippen LogP contribution in [0.15, 0.2) is 11.4 Å². The summed E-state index contributed by atoms with van der Waals surface area (Å²) in [7, 11) is 0. The molecule has 0 radical (unpaired) electrons. The standard InChI is InChI=1S/C15H20N4O/c16-9-12-11-3-1-2-4-14(11)18-15(13(12)10-17)19-5-7-20-8-6-19/h11-12,14,18H,1-8H2/t11-,12-,14-/m0/s1. The molecule has 106 valence electrons. The Bertz CT molecular complexity index is 481. The zero-order valence-corrected chi connectivity index (χ0v) is 11.6. The average Bonchev–Trinajstić information content (AvgIpc) is 2.53. The Morgan fingerprint density at radius 2 is 1.90 bits per heavy atom. The molecule has 0 aromatic carbocycles. The second-order valence-corrected chi connectivity index (χ2v) is 5.78. The lowest BCUT2D eigenvalue weighted by molar-refractivity contribution is 0.0442. The summed E-state index contributed by atoms with van der Waals surface area (Å²) < 4.78 is 5.38. The quantitative estimate of drug-likeness (QED) is 0.780. The molecule has 0 bridgehead atoms. The summed E-state index contributed by atoms with van der Waals surface area (Å²) >= 11 is 0. The zero-order chi connectivity index (χ0) is 13.9. The number of nitriles is 2. The maximum atomic E-state index is 9.54. The van der Waals surface area contributed by atoms with Crippen LogP contribution in [0.2, 0.25) is 0 Å².